The Morgan fingerprint density at radius 3 is 2.03 bits per heavy atom. The molecule has 3 heteroatoms. The number of hydrogen-bond acceptors (Lipinski definition) is 2. The third-order valence-electron chi connectivity index (χ3n) is 6.92. The molecule has 2 nitrogen and oxygen atoms in total. The first-order valence-corrected chi connectivity index (χ1v) is 12.0. The summed E-state index contributed by atoms with van der Waals surface area (Å²) in [6.07, 6.45) is 5.18. The predicted octanol–water partition coefficient (Wildman–Crippen LogP) is 6.81. The summed E-state index contributed by atoms with van der Waals surface area (Å²) in [7, 11) is 0. The zero-order valence-electron chi connectivity index (χ0n) is 18.1. The van der Waals surface area contributed by atoms with E-state index in [1.165, 1.54) is 66.6 Å². The number of benzene rings is 3. The fraction of sp³-hybridized carbons (Fsp3) is 0.357. The molecule has 0 radical (unpaired) electrons. The normalized spacial score (nSPS) is 22.0. The van der Waals surface area contributed by atoms with Crippen molar-refractivity contribution in [2.24, 2.45) is 0 Å². The number of nitrogens with one attached hydrogen (secondary N) is 1. The van der Waals surface area contributed by atoms with Crippen molar-refractivity contribution in [3.63, 3.8) is 0 Å². The number of nitrogens with zero attached hydrogens (tertiary/aromatic N) is 1. The van der Waals surface area contributed by atoms with Crippen LogP contribution in [0.3, 0.4) is 0 Å². The van der Waals surface area contributed by atoms with E-state index in [1.807, 2.05) is 12.1 Å². The fourth-order valence-electron chi connectivity index (χ4n) is 5.19. The summed E-state index contributed by atoms with van der Waals surface area (Å²) in [5.74, 6) is 0.524. The molecule has 2 aliphatic rings. The van der Waals surface area contributed by atoms with Gasteiger partial charge < -0.3 is 5.32 Å². The molecule has 2 atom stereocenters. The second-order valence-electron chi connectivity index (χ2n) is 9.03. The van der Waals surface area contributed by atoms with E-state index in [0.717, 1.165) is 18.1 Å². The molecule has 2 heterocycles. The Bertz CT molecular complexity index is 973. The highest BCUT2D eigenvalue weighted by Gasteiger charge is 2.27. The molecule has 1 N–H and O–H groups in total. The maximum atomic E-state index is 6.04. The monoisotopic (exact) mass is 430 g/mol. The minimum atomic E-state index is 0.373. The number of halogens is 1. The van der Waals surface area contributed by atoms with Gasteiger partial charge in [0, 0.05) is 23.5 Å². The van der Waals surface area contributed by atoms with Gasteiger partial charge in [-0.3, -0.25) is 4.90 Å². The van der Waals surface area contributed by atoms with Crippen molar-refractivity contribution >= 4 is 11.6 Å². The number of piperidine rings is 1. The Morgan fingerprint density at radius 1 is 0.742 bits per heavy atom. The molecule has 2 fully saturated rings. The minimum absolute atomic E-state index is 0.373. The average molecular weight is 431 g/mol. The van der Waals surface area contributed by atoms with Crippen molar-refractivity contribution in [2.75, 3.05) is 19.6 Å². The van der Waals surface area contributed by atoms with Crippen molar-refractivity contribution < 1.29 is 0 Å². The van der Waals surface area contributed by atoms with Gasteiger partial charge in [-0.1, -0.05) is 72.3 Å². The van der Waals surface area contributed by atoms with Crippen LogP contribution in [0.5, 0.6) is 0 Å². The summed E-state index contributed by atoms with van der Waals surface area (Å²) < 4.78 is 0. The van der Waals surface area contributed by atoms with E-state index in [0.29, 0.717) is 12.0 Å². The lowest BCUT2D eigenvalue weighted by Crippen LogP contribution is -2.33. The highest BCUT2D eigenvalue weighted by atomic mass is 35.5. The van der Waals surface area contributed by atoms with Gasteiger partial charge in [0.15, 0.2) is 0 Å². The van der Waals surface area contributed by atoms with Crippen LogP contribution in [0.4, 0.5) is 0 Å². The van der Waals surface area contributed by atoms with Crippen LogP contribution >= 0.6 is 11.6 Å². The highest BCUT2D eigenvalue weighted by molar-refractivity contribution is 6.30. The molecule has 31 heavy (non-hydrogen) atoms. The van der Waals surface area contributed by atoms with Crippen LogP contribution in [0.2, 0.25) is 5.02 Å². The second kappa shape index (κ2) is 9.56. The third-order valence-corrected chi connectivity index (χ3v) is 7.17. The number of rotatable bonds is 5. The lowest BCUT2D eigenvalue weighted by atomic mass is 9.81. The van der Waals surface area contributed by atoms with Crippen molar-refractivity contribution in [2.45, 2.75) is 44.2 Å². The Labute approximate surface area is 191 Å². The van der Waals surface area contributed by atoms with E-state index in [9.17, 15) is 0 Å². The standard InChI is InChI=1S/C28H31ClN2/c29-26-15-13-23(14-16-26)22-9-11-25(12-10-22)28-27(4-3-17-30-28)24-7-5-21(6-8-24)20-31-18-1-2-19-31/h5-16,27-28,30H,1-4,17-20H2. The topological polar surface area (TPSA) is 15.3 Å². The smallest absolute Gasteiger partial charge is 0.0406 e. The van der Waals surface area contributed by atoms with Gasteiger partial charge in [-0.2, -0.15) is 0 Å². The van der Waals surface area contributed by atoms with Gasteiger partial charge in [0.25, 0.3) is 0 Å². The van der Waals surface area contributed by atoms with Crippen molar-refractivity contribution in [3.05, 3.63) is 94.5 Å². The molecule has 2 aliphatic heterocycles. The van der Waals surface area contributed by atoms with Gasteiger partial charge in [0.2, 0.25) is 0 Å². The van der Waals surface area contributed by atoms with Crippen LogP contribution in [0.1, 0.15) is 54.3 Å². The summed E-state index contributed by atoms with van der Waals surface area (Å²) in [4.78, 5) is 2.57. The van der Waals surface area contributed by atoms with E-state index in [4.69, 9.17) is 11.6 Å². The SMILES string of the molecule is Clc1ccc(-c2ccc(C3NCCCC3c3ccc(CN4CCCC4)cc3)cc2)cc1. The lowest BCUT2D eigenvalue weighted by Gasteiger charge is -2.33. The molecular formula is C28H31ClN2. The molecule has 0 aromatic heterocycles. The van der Waals surface area contributed by atoms with Crippen LogP contribution < -0.4 is 5.32 Å². The second-order valence-corrected chi connectivity index (χ2v) is 9.47. The largest absolute Gasteiger partial charge is 0.309 e. The van der Waals surface area contributed by atoms with Crippen LogP contribution in [0.15, 0.2) is 72.8 Å². The van der Waals surface area contributed by atoms with Crippen LogP contribution in [-0.2, 0) is 6.54 Å². The molecule has 2 saturated heterocycles. The molecule has 0 aliphatic carbocycles. The van der Waals surface area contributed by atoms with Crippen LogP contribution in [0, 0.1) is 0 Å². The Morgan fingerprint density at radius 2 is 1.35 bits per heavy atom. The van der Waals surface area contributed by atoms with Crippen LogP contribution in [0.25, 0.3) is 11.1 Å². The van der Waals surface area contributed by atoms with E-state index < -0.39 is 0 Å². The molecule has 160 valence electrons. The van der Waals surface area contributed by atoms with Crippen molar-refractivity contribution in [3.8, 4) is 11.1 Å². The van der Waals surface area contributed by atoms with E-state index >= 15 is 0 Å². The average Bonchev–Trinajstić information content (AvgIpc) is 3.33. The molecule has 0 amide bonds. The molecule has 0 saturated carbocycles. The van der Waals surface area contributed by atoms with Crippen LogP contribution in [-0.4, -0.2) is 24.5 Å². The molecule has 5 rings (SSSR count). The summed E-state index contributed by atoms with van der Waals surface area (Å²) >= 11 is 6.04. The number of likely N-dealkylation sites (tertiary alicyclic amines) is 1. The minimum Gasteiger partial charge on any atom is -0.309 e. The molecule has 0 bridgehead atoms. The van der Waals surface area contributed by atoms with Crippen molar-refractivity contribution in [1.29, 1.82) is 0 Å². The first-order valence-electron chi connectivity index (χ1n) is 11.7. The molecule has 2 unspecified atom stereocenters. The zero-order valence-corrected chi connectivity index (χ0v) is 18.8. The molecular weight excluding hydrogens is 400 g/mol. The molecule has 3 aromatic carbocycles. The van der Waals surface area contributed by atoms with Gasteiger partial charge in [-0.05, 0) is 85.3 Å². The highest BCUT2D eigenvalue weighted by Crippen LogP contribution is 2.38. The van der Waals surface area contributed by atoms with Gasteiger partial charge in [-0.15, -0.1) is 0 Å². The van der Waals surface area contributed by atoms with Gasteiger partial charge >= 0.3 is 0 Å². The van der Waals surface area contributed by atoms with Crippen molar-refractivity contribution in [1.82, 2.24) is 10.2 Å². The fourth-order valence-corrected chi connectivity index (χ4v) is 5.32. The zero-order chi connectivity index (χ0) is 21.0. The van der Waals surface area contributed by atoms with E-state index in [1.54, 1.807) is 0 Å². The van der Waals surface area contributed by atoms with E-state index in [2.05, 4.69) is 70.9 Å². The summed E-state index contributed by atoms with van der Waals surface area (Å²) in [5, 5.41) is 4.58. The summed E-state index contributed by atoms with van der Waals surface area (Å²) in [6.45, 7) is 4.69. The molecule has 3 aromatic rings. The quantitative estimate of drug-likeness (QED) is 0.478. The van der Waals surface area contributed by atoms with Gasteiger partial charge in [-0.25, -0.2) is 0 Å². The Kier molecular flexibility index (Phi) is 6.40. The lowest BCUT2D eigenvalue weighted by molar-refractivity contribution is 0.331. The summed E-state index contributed by atoms with van der Waals surface area (Å²) in [5.41, 5.74) is 6.72. The number of hydrogen-bond donors (Lipinski definition) is 1. The maximum absolute atomic E-state index is 6.04. The van der Waals surface area contributed by atoms with Gasteiger partial charge in [0.1, 0.15) is 0 Å². The Balaban J connectivity index is 1.32. The summed E-state index contributed by atoms with van der Waals surface area (Å²) in [6, 6.07) is 27.0. The first kappa shape index (κ1) is 20.8. The van der Waals surface area contributed by atoms with E-state index in [-0.39, 0.29) is 0 Å². The maximum Gasteiger partial charge on any atom is 0.0406 e. The molecule has 0 spiro atoms. The predicted molar refractivity (Wildman–Crippen MR) is 131 cm³/mol. The first-order chi connectivity index (χ1) is 15.3. The third kappa shape index (κ3) is 4.87. The van der Waals surface area contributed by atoms with Gasteiger partial charge in [0.05, 0.1) is 0 Å². The Hall–Kier alpha value is -2.13.